The summed E-state index contributed by atoms with van der Waals surface area (Å²) in [5, 5.41) is 5.80. The average molecular weight is 382 g/mol. The van der Waals surface area contributed by atoms with Gasteiger partial charge >= 0.3 is 0 Å². The topological polar surface area (TPSA) is 69.2 Å². The highest BCUT2D eigenvalue weighted by Gasteiger charge is 2.19. The molecule has 2 aromatic rings. The lowest BCUT2D eigenvalue weighted by molar-refractivity contribution is -0.126. The Kier molecular flexibility index (Phi) is 6.64. The average Bonchev–Trinajstić information content (AvgIpc) is 2.67. The summed E-state index contributed by atoms with van der Waals surface area (Å²) in [5.41, 5.74) is 0.0314. The van der Waals surface area contributed by atoms with Gasteiger partial charge in [-0.2, -0.15) is 0 Å². The summed E-state index contributed by atoms with van der Waals surface area (Å²) >= 11 is 0. The van der Waals surface area contributed by atoms with Crippen molar-refractivity contribution in [1.82, 2.24) is 0 Å². The Balaban J connectivity index is 2.03. The third kappa shape index (κ3) is 4.69. The largest absolute Gasteiger partial charge is 0.493 e. The fraction of sp³-hybridized carbons (Fsp3) is 0.222. The number of halogens is 3. The van der Waals surface area contributed by atoms with Gasteiger partial charge < -0.3 is 19.6 Å². The van der Waals surface area contributed by atoms with Gasteiger partial charge in [0.2, 0.25) is 6.10 Å². The second kappa shape index (κ2) is 8.93. The number of para-hydroxylation sites is 1. The van der Waals surface area contributed by atoms with E-state index in [0.29, 0.717) is 23.1 Å². The van der Waals surface area contributed by atoms with Crippen molar-refractivity contribution in [2.75, 3.05) is 19.5 Å². The zero-order valence-electron chi connectivity index (χ0n) is 14.8. The molecule has 0 spiro atoms. The minimum atomic E-state index is -1.68. The summed E-state index contributed by atoms with van der Waals surface area (Å²) in [7, 11) is 2.95. The van der Waals surface area contributed by atoms with Crippen LogP contribution in [0.5, 0.6) is 11.5 Å². The second-order valence-electron chi connectivity index (χ2n) is 5.28. The molecule has 0 aliphatic carbocycles. The van der Waals surface area contributed by atoms with Gasteiger partial charge in [0.15, 0.2) is 29.0 Å². The van der Waals surface area contributed by atoms with Crippen LogP contribution in [0.2, 0.25) is 0 Å². The number of oxime groups is 1. The van der Waals surface area contributed by atoms with Crippen LogP contribution in [0.3, 0.4) is 0 Å². The first-order valence-corrected chi connectivity index (χ1v) is 7.73. The molecule has 2 rings (SSSR count). The summed E-state index contributed by atoms with van der Waals surface area (Å²) < 4.78 is 50.1. The van der Waals surface area contributed by atoms with Crippen molar-refractivity contribution >= 4 is 17.8 Å². The molecule has 0 unspecified atom stereocenters. The summed E-state index contributed by atoms with van der Waals surface area (Å²) in [6, 6.07) is 6.71. The summed E-state index contributed by atoms with van der Waals surface area (Å²) in [6.45, 7) is 1.35. The van der Waals surface area contributed by atoms with Crippen LogP contribution in [-0.2, 0) is 9.63 Å². The Hall–Kier alpha value is -3.23. The Labute approximate surface area is 153 Å². The van der Waals surface area contributed by atoms with E-state index in [1.807, 2.05) is 0 Å². The molecule has 1 atom stereocenters. The maximum atomic E-state index is 13.6. The van der Waals surface area contributed by atoms with E-state index in [9.17, 15) is 18.0 Å². The zero-order valence-corrected chi connectivity index (χ0v) is 14.8. The minimum Gasteiger partial charge on any atom is -0.493 e. The van der Waals surface area contributed by atoms with Crippen LogP contribution in [0, 0.1) is 17.5 Å². The van der Waals surface area contributed by atoms with Crippen molar-refractivity contribution in [3.63, 3.8) is 0 Å². The number of methoxy groups -OCH3 is 2. The fourth-order valence-corrected chi connectivity index (χ4v) is 2.10. The van der Waals surface area contributed by atoms with Gasteiger partial charge in [-0.1, -0.05) is 11.2 Å². The monoisotopic (exact) mass is 382 g/mol. The molecule has 1 N–H and O–H groups in total. The van der Waals surface area contributed by atoms with Gasteiger partial charge in [-0.25, -0.2) is 13.2 Å². The highest BCUT2D eigenvalue weighted by atomic mass is 19.2. The Morgan fingerprint density at radius 2 is 1.85 bits per heavy atom. The molecule has 144 valence electrons. The number of ether oxygens (including phenoxy) is 2. The number of benzene rings is 2. The maximum Gasteiger partial charge on any atom is 0.268 e. The van der Waals surface area contributed by atoms with Gasteiger partial charge in [-0.15, -0.1) is 0 Å². The number of amides is 1. The van der Waals surface area contributed by atoms with Crippen LogP contribution in [0.25, 0.3) is 0 Å². The number of nitrogens with one attached hydrogen (secondary N) is 1. The van der Waals surface area contributed by atoms with E-state index in [0.717, 1.165) is 6.07 Å². The lowest BCUT2D eigenvalue weighted by atomic mass is 10.2. The molecule has 1 amide bonds. The molecule has 0 aromatic heterocycles. The fourth-order valence-electron chi connectivity index (χ4n) is 2.10. The third-order valence-electron chi connectivity index (χ3n) is 3.51. The molecule has 0 bridgehead atoms. The van der Waals surface area contributed by atoms with E-state index in [2.05, 4.69) is 10.5 Å². The Morgan fingerprint density at radius 3 is 2.52 bits per heavy atom. The van der Waals surface area contributed by atoms with Crippen LogP contribution in [0.15, 0.2) is 35.5 Å². The molecule has 0 aliphatic heterocycles. The van der Waals surface area contributed by atoms with E-state index in [1.54, 1.807) is 18.2 Å². The van der Waals surface area contributed by atoms with E-state index in [-0.39, 0.29) is 0 Å². The second-order valence-corrected chi connectivity index (χ2v) is 5.28. The third-order valence-corrected chi connectivity index (χ3v) is 3.51. The molecule has 0 radical (unpaired) electrons. The quantitative estimate of drug-likeness (QED) is 0.452. The van der Waals surface area contributed by atoms with Gasteiger partial charge in [-0.3, -0.25) is 4.79 Å². The van der Waals surface area contributed by atoms with Crippen molar-refractivity contribution in [3.8, 4) is 11.5 Å². The summed E-state index contributed by atoms with van der Waals surface area (Å²) in [4.78, 5) is 17.0. The van der Waals surface area contributed by atoms with Crippen molar-refractivity contribution < 1.29 is 32.3 Å². The first-order valence-electron chi connectivity index (χ1n) is 7.73. The van der Waals surface area contributed by atoms with Crippen LogP contribution in [0.4, 0.5) is 18.9 Å². The Morgan fingerprint density at radius 1 is 1.11 bits per heavy atom. The van der Waals surface area contributed by atoms with Gasteiger partial charge in [0.05, 0.1) is 26.1 Å². The molecular weight excluding hydrogens is 365 g/mol. The normalized spacial score (nSPS) is 11.9. The summed E-state index contributed by atoms with van der Waals surface area (Å²) in [6.07, 6.45) is 0.175. The van der Waals surface area contributed by atoms with Gasteiger partial charge in [0, 0.05) is 5.56 Å². The van der Waals surface area contributed by atoms with Crippen LogP contribution < -0.4 is 14.8 Å². The molecule has 0 saturated carbocycles. The number of anilines is 1. The van der Waals surface area contributed by atoms with Gasteiger partial charge in [0.1, 0.15) is 0 Å². The molecule has 0 saturated heterocycles. The number of hydrogen-bond acceptors (Lipinski definition) is 5. The predicted molar refractivity (Wildman–Crippen MR) is 92.6 cm³/mol. The minimum absolute atomic E-state index is 0.424. The highest BCUT2D eigenvalue weighted by molar-refractivity contribution is 5.94. The van der Waals surface area contributed by atoms with Crippen molar-refractivity contribution in [3.05, 3.63) is 53.3 Å². The molecule has 27 heavy (non-hydrogen) atoms. The van der Waals surface area contributed by atoms with E-state index in [4.69, 9.17) is 14.3 Å². The molecule has 9 heteroatoms. The zero-order chi connectivity index (χ0) is 20.0. The SMILES string of the molecule is COc1cccc(/C=N\O[C@@H](C)C(=O)Nc2ccc(F)c(F)c2F)c1OC. The van der Waals surface area contributed by atoms with Crippen LogP contribution in [-0.4, -0.2) is 32.4 Å². The smallest absolute Gasteiger partial charge is 0.268 e. The molecule has 0 aliphatic rings. The highest BCUT2D eigenvalue weighted by Crippen LogP contribution is 2.29. The molecular formula is C18H17F3N2O4. The lowest BCUT2D eigenvalue weighted by Crippen LogP contribution is -2.27. The van der Waals surface area contributed by atoms with Crippen LogP contribution in [0.1, 0.15) is 12.5 Å². The van der Waals surface area contributed by atoms with Crippen molar-refractivity contribution in [1.29, 1.82) is 0 Å². The molecule has 0 heterocycles. The molecule has 6 nitrogen and oxygen atoms in total. The first kappa shape index (κ1) is 20.1. The summed E-state index contributed by atoms with van der Waals surface area (Å²) in [5.74, 6) is -4.42. The number of carbonyl (C=O) groups excluding carboxylic acids is 1. The predicted octanol–water partition coefficient (Wildman–Crippen LogP) is 3.50. The standard InChI is InChI=1S/C18H17F3N2O4/c1-10(18(24)23-13-8-7-12(19)15(20)16(13)21)27-22-9-11-5-4-6-14(25-2)17(11)26-3/h4-10H,1-3H3,(H,23,24)/b22-9-/t10-/m0/s1. The Bertz CT molecular complexity index is 859. The molecule has 2 aromatic carbocycles. The van der Waals surface area contributed by atoms with E-state index in [1.165, 1.54) is 27.4 Å². The molecule has 0 fully saturated rings. The number of hydrogen-bond donors (Lipinski definition) is 1. The first-order chi connectivity index (χ1) is 12.9. The maximum absolute atomic E-state index is 13.6. The van der Waals surface area contributed by atoms with Gasteiger partial charge in [0.25, 0.3) is 5.91 Å². The van der Waals surface area contributed by atoms with E-state index >= 15 is 0 Å². The number of rotatable bonds is 7. The van der Waals surface area contributed by atoms with Gasteiger partial charge in [-0.05, 0) is 31.2 Å². The number of carbonyl (C=O) groups is 1. The lowest BCUT2D eigenvalue weighted by Gasteiger charge is -2.12. The van der Waals surface area contributed by atoms with Crippen LogP contribution >= 0.6 is 0 Å². The van der Waals surface area contributed by atoms with Crippen molar-refractivity contribution in [2.24, 2.45) is 5.16 Å². The number of nitrogens with zero attached hydrogens (tertiary/aromatic N) is 1. The van der Waals surface area contributed by atoms with Crippen molar-refractivity contribution in [2.45, 2.75) is 13.0 Å². The van der Waals surface area contributed by atoms with E-state index < -0.39 is 35.2 Å².